The Balaban J connectivity index is 1.50. The van der Waals surface area contributed by atoms with E-state index in [1.165, 1.54) is 24.8 Å². The second-order valence-corrected chi connectivity index (χ2v) is 7.23. The topological polar surface area (TPSA) is 36.4 Å². The Morgan fingerprint density at radius 2 is 1.96 bits per heavy atom. The number of pyridine rings is 1. The first-order valence-electron chi connectivity index (χ1n) is 9.28. The van der Waals surface area contributed by atoms with Crippen molar-refractivity contribution in [3.63, 3.8) is 0 Å². The molecule has 2 atom stereocenters. The molecule has 25 heavy (non-hydrogen) atoms. The molecular weight excluding hydrogens is 310 g/mol. The lowest BCUT2D eigenvalue weighted by atomic mass is 9.98. The van der Waals surface area contributed by atoms with Crippen molar-refractivity contribution < 1.29 is 4.79 Å². The lowest BCUT2D eigenvalue weighted by Crippen LogP contribution is -2.40. The third kappa shape index (κ3) is 3.59. The Bertz CT molecular complexity index is 704. The first-order chi connectivity index (χ1) is 12.3. The van der Waals surface area contributed by atoms with Gasteiger partial charge in [-0.3, -0.25) is 14.7 Å². The monoisotopic (exact) mass is 335 g/mol. The van der Waals surface area contributed by atoms with Gasteiger partial charge in [0.15, 0.2) is 0 Å². The maximum atomic E-state index is 12.8. The highest BCUT2D eigenvalue weighted by Crippen LogP contribution is 2.31. The van der Waals surface area contributed by atoms with Gasteiger partial charge in [0.2, 0.25) is 0 Å². The fraction of sp³-hybridized carbons (Fsp3) is 0.429. The summed E-state index contributed by atoms with van der Waals surface area (Å²) in [5.74, 6) is 0.766. The summed E-state index contributed by atoms with van der Waals surface area (Å²) in [5, 5.41) is 0. The van der Waals surface area contributed by atoms with Crippen LogP contribution in [0.5, 0.6) is 0 Å². The van der Waals surface area contributed by atoms with Gasteiger partial charge in [0.05, 0.1) is 0 Å². The van der Waals surface area contributed by atoms with Gasteiger partial charge >= 0.3 is 0 Å². The molecule has 0 bridgehead atoms. The maximum absolute atomic E-state index is 12.8. The molecule has 2 fully saturated rings. The van der Waals surface area contributed by atoms with Crippen LogP contribution in [-0.2, 0) is 6.54 Å². The molecule has 0 aliphatic carbocycles. The Kier molecular flexibility index (Phi) is 4.79. The number of benzene rings is 1. The number of hydrogen-bond donors (Lipinski definition) is 0. The van der Waals surface area contributed by atoms with Gasteiger partial charge in [0.25, 0.3) is 5.91 Å². The summed E-state index contributed by atoms with van der Waals surface area (Å²) in [7, 11) is 0. The van der Waals surface area contributed by atoms with E-state index in [9.17, 15) is 4.79 Å². The molecule has 4 rings (SSSR count). The van der Waals surface area contributed by atoms with E-state index in [1.54, 1.807) is 0 Å². The zero-order valence-corrected chi connectivity index (χ0v) is 14.6. The molecular formula is C21H25N3O. The summed E-state index contributed by atoms with van der Waals surface area (Å²) in [4.78, 5) is 21.7. The zero-order chi connectivity index (χ0) is 17.1. The number of carbonyl (C=O) groups excluding carboxylic acids is 1. The predicted octanol–water partition coefficient (Wildman–Crippen LogP) is 3.21. The van der Waals surface area contributed by atoms with E-state index in [0.29, 0.717) is 12.0 Å². The molecule has 0 spiro atoms. The first-order valence-corrected chi connectivity index (χ1v) is 9.28. The van der Waals surface area contributed by atoms with Gasteiger partial charge in [-0.1, -0.05) is 30.7 Å². The van der Waals surface area contributed by atoms with Crippen LogP contribution in [-0.4, -0.2) is 46.4 Å². The highest BCUT2D eigenvalue weighted by atomic mass is 16.2. The number of carbonyl (C=O) groups is 1. The Morgan fingerprint density at radius 3 is 2.76 bits per heavy atom. The van der Waals surface area contributed by atoms with Crippen LogP contribution in [0.15, 0.2) is 54.9 Å². The number of aromatic nitrogens is 1. The molecule has 0 unspecified atom stereocenters. The molecule has 4 nitrogen and oxygen atoms in total. The third-order valence-corrected chi connectivity index (χ3v) is 5.56. The summed E-state index contributed by atoms with van der Waals surface area (Å²) >= 11 is 0. The van der Waals surface area contributed by atoms with Crippen LogP contribution in [0.1, 0.15) is 35.2 Å². The quantitative estimate of drug-likeness (QED) is 0.864. The summed E-state index contributed by atoms with van der Waals surface area (Å²) in [5.41, 5.74) is 2.06. The molecule has 4 heteroatoms. The Labute approximate surface area is 149 Å². The summed E-state index contributed by atoms with van der Waals surface area (Å²) in [6.45, 7) is 3.78. The number of amides is 1. The number of fused-ring (bicyclic) bond motifs is 1. The number of rotatable bonds is 3. The molecule has 2 aliphatic heterocycles. The van der Waals surface area contributed by atoms with Gasteiger partial charge in [-0.15, -0.1) is 0 Å². The van der Waals surface area contributed by atoms with Gasteiger partial charge in [-0.25, -0.2) is 0 Å². The molecule has 1 aromatic carbocycles. The molecule has 0 N–H and O–H groups in total. The predicted molar refractivity (Wildman–Crippen MR) is 98.1 cm³/mol. The fourth-order valence-corrected chi connectivity index (χ4v) is 4.29. The number of likely N-dealkylation sites (tertiary alicyclic amines) is 2. The van der Waals surface area contributed by atoms with E-state index in [4.69, 9.17) is 0 Å². The van der Waals surface area contributed by atoms with Gasteiger partial charge in [0, 0.05) is 43.6 Å². The van der Waals surface area contributed by atoms with Crippen molar-refractivity contribution >= 4 is 5.91 Å². The molecule has 0 radical (unpaired) electrons. The van der Waals surface area contributed by atoms with E-state index >= 15 is 0 Å². The average Bonchev–Trinajstić information content (AvgIpc) is 3.01. The largest absolute Gasteiger partial charge is 0.337 e. The Morgan fingerprint density at radius 1 is 1.08 bits per heavy atom. The smallest absolute Gasteiger partial charge is 0.253 e. The second kappa shape index (κ2) is 7.36. The zero-order valence-electron chi connectivity index (χ0n) is 14.6. The highest BCUT2D eigenvalue weighted by molar-refractivity contribution is 5.94. The summed E-state index contributed by atoms with van der Waals surface area (Å²) in [6, 6.07) is 14.3. The second-order valence-electron chi connectivity index (χ2n) is 7.23. The van der Waals surface area contributed by atoms with Crippen LogP contribution < -0.4 is 0 Å². The molecule has 130 valence electrons. The van der Waals surface area contributed by atoms with Gasteiger partial charge in [-0.05, 0) is 49.1 Å². The van der Waals surface area contributed by atoms with Gasteiger partial charge in [-0.2, -0.15) is 0 Å². The first kappa shape index (κ1) is 16.3. The van der Waals surface area contributed by atoms with Crippen LogP contribution in [0.3, 0.4) is 0 Å². The lowest BCUT2D eigenvalue weighted by molar-refractivity contribution is 0.0773. The maximum Gasteiger partial charge on any atom is 0.253 e. The van der Waals surface area contributed by atoms with Crippen LogP contribution in [0, 0.1) is 5.92 Å². The van der Waals surface area contributed by atoms with Gasteiger partial charge in [0.1, 0.15) is 0 Å². The van der Waals surface area contributed by atoms with E-state index in [2.05, 4.69) is 20.9 Å². The van der Waals surface area contributed by atoms with Crippen molar-refractivity contribution in [1.82, 2.24) is 14.8 Å². The van der Waals surface area contributed by atoms with Crippen molar-refractivity contribution in [3.8, 4) is 0 Å². The molecule has 3 heterocycles. The van der Waals surface area contributed by atoms with E-state index in [-0.39, 0.29) is 5.91 Å². The van der Waals surface area contributed by atoms with Crippen molar-refractivity contribution in [2.45, 2.75) is 31.8 Å². The Hall–Kier alpha value is -2.20. The SMILES string of the molecule is O=C(c1ccccc1)N1C[C@@H]2CCCCN(Cc3cccnc3)[C@@H]2C1. The fourth-order valence-electron chi connectivity index (χ4n) is 4.29. The third-order valence-electron chi connectivity index (χ3n) is 5.56. The minimum absolute atomic E-state index is 0.176. The van der Waals surface area contributed by atoms with Crippen LogP contribution in [0.4, 0.5) is 0 Å². The minimum Gasteiger partial charge on any atom is -0.337 e. The number of nitrogens with zero attached hydrogens (tertiary/aromatic N) is 3. The van der Waals surface area contributed by atoms with Crippen LogP contribution in [0.25, 0.3) is 0 Å². The van der Waals surface area contributed by atoms with Crippen molar-refractivity contribution in [2.75, 3.05) is 19.6 Å². The summed E-state index contributed by atoms with van der Waals surface area (Å²) in [6.07, 6.45) is 7.52. The standard InChI is InChI=1S/C21H25N3O/c25-21(18-8-2-1-3-9-18)24-15-19-10-4-5-12-23(20(19)16-24)14-17-7-6-11-22-13-17/h1-3,6-9,11,13,19-20H,4-5,10,12,14-16H2/t19-,20+/m0/s1. The normalized spacial score (nSPS) is 23.9. The molecule has 2 aromatic rings. The van der Waals surface area contributed by atoms with Crippen LogP contribution in [0.2, 0.25) is 0 Å². The van der Waals surface area contributed by atoms with E-state index in [1.807, 2.05) is 48.8 Å². The highest BCUT2D eigenvalue weighted by Gasteiger charge is 2.39. The molecule has 1 aromatic heterocycles. The van der Waals surface area contributed by atoms with Crippen molar-refractivity contribution in [2.24, 2.45) is 5.92 Å². The average molecular weight is 335 g/mol. The molecule has 0 saturated carbocycles. The molecule has 2 saturated heterocycles. The van der Waals surface area contributed by atoms with E-state index in [0.717, 1.165) is 31.7 Å². The molecule has 2 aliphatic rings. The van der Waals surface area contributed by atoms with E-state index < -0.39 is 0 Å². The lowest BCUT2D eigenvalue weighted by Gasteiger charge is -2.30. The summed E-state index contributed by atoms with van der Waals surface area (Å²) < 4.78 is 0. The van der Waals surface area contributed by atoms with Crippen molar-refractivity contribution in [3.05, 3.63) is 66.0 Å². The van der Waals surface area contributed by atoms with Crippen molar-refractivity contribution in [1.29, 1.82) is 0 Å². The molecule has 1 amide bonds. The minimum atomic E-state index is 0.176. The number of hydrogen-bond acceptors (Lipinski definition) is 3. The van der Waals surface area contributed by atoms with Gasteiger partial charge < -0.3 is 4.90 Å². The van der Waals surface area contributed by atoms with Crippen LogP contribution >= 0.6 is 0 Å².